The van der Waals surface area contributed by atoms with Gasteiger partial charge in [0.1, 0.15) is 0 Å². The summed E-state index contributed by atoms with van der Waals surface area (Å²) in [5, 5.41) is 0. The van der Waals surface area contributed by atoms with Gasteiger partial charge in [-0.1, -0.05) is 26.3 Å². The molecule has 0 N–H and O–H groups in total. The number of rotatable bonds is 16. The number of nitrogens with zero attached hydrogens (tertiary/aromatic N) is 4. The van der Waals surface area contributed by atoms with Gasteiger partial charge < -0.3 is 18.9 Å². The molecule has 1 saturated heterocycles. The average Bonchev–Trinajstić information content (AvgIpc) is 2.98. The van der Waals surface area contributed by atoms with E-state index < -0.39 is 23.9 Å². The second-order valence-electron chi connectivity index (χ2n) is 10.4. The summed E-state index contributed by atoms with van der Waals surface area (Å²) < 4.78 is 20.6. The molecule has 0 unspecified atom stereocenters. The van der Waals surface area contributed by atoms with Crippen molar-refractivity contribution in [1.82, 2.24) is 19.6 Å². The van der Waals surface area contributed by atoms with Gasteiger partial charge >= 0.3 is 23.9 Å². The zero-order valence-electron chi connectivity index (χ0n) is 27.2. The molecule has 0 spiro atoms. The van der Waals surface area contributed by atoms with E-state index in [1.54, 1.807) is 27.7 Å². The number of esters is 4. The Balaban J connectivity index is 3.26. The summed E-state index contributed by atoms with van der Waals surface area (Å²) in [5.74, 6) is -1.79. The first kappa shape index (κ1) is 38.7. The van der Waals surface area contributed by atoms with Crippen LogP contribution in [0.3, 0.4) is 0 Å². The third kappa shape index (κ3) is 14.9. The molecule has 1 aliphatic rings. The lowest BCUT2D eigenvalue weighted by Gasteiger charge is -2.34. The summed E-state index contributed by atoms with van der Waals surface area (Å²) in [6.45, 7) is 29.3. The van der Waals surface area contributed by atoms with Gasteiger partial charge in [-0.15, -0.1) is 0 Å². The summed E-state index contributed by atoms with van der Waals surface area (Å²) in [6, 6.07) is 0. The Morgan fingerprint density at radius 1 is 0.409 bits per heavy atom. The van der Waals surface area contributed by atoms with E-state index in [1.165, 1.54) is 0 Å². The van der Waals surface area contributed by atoms with Gasteiger partial charge in [0.2, 0.25) is 0 Å². The molecule has 12 heteroatoms. The quantitative estimate of drug-likeness (QED) is 0.142. The number of hydrogen-bond acceptors (Lipinski definition) is 12. The van der Waals surface area contributed by atoms with Crippen molar-refractivity contribution in [2.24, 2.45) is 0 Å². The predicted molar refractivity (Wildman–Crippen MR) is 169 cm³/mol. The van der Waals surface area contributed by atoms with E-state index in [-0.39, 0.29) is 26.4 Å². The van der Waals surface area contributed by atoms with Crippen LogP contribution >= 0.6 is 0 Å². The first-order valence-corrected chi connectivity index (χ1v) is 15.2. The number of carbonyl (C=O) groups is 4. The molecule has 0 aromatic heterocycles. The smallest absolute Gasteiger partial charge is 0.334 e. The normalized spacial score (nSPS) is 16.1. The van der Waals surface area contributed by atoms with Crippen molar-refractivity contribution < 1.29 is 38.1 Å². The molecule has 0 amide bonds. The van der Waals surface area contributed by atoms with Crippen LogP contribution in [0.15, 0.2) is 48.6 Å². The monoisotopic (exact) mass is 620 g/mol. The Morgan fingerprint density at radius 2 is 0.568 bits per heavy atom. The van der Waals surface area contributed by atoms with Gasteiger partial charge in [-0.05, 0) is 27.7 Å². The lowest BCUT2D eigenvalue weighted by molar-refractivity contribution is -0.139. The molecule has 248 valence electrons. The largest absolute Gasteiger partial charge is 0.463 e. The van der Waals surface area contributed by atoms with Crippen LogP contribution < -0.4 is 0 Å². The highest BCUT2D eigenvalue weighted by Crippen LogP contribution is 2.10. The third-order valence-corrected chi connectivity index (χ3v) is 6.84. The maximum atomic E-state index is 12.4. The number of ether oxygens (including phenoxy) is 4. The molecule has 0 radical (unpaired) electrons. The van der Waals surface area contributed by atoms with E-state index in [4.69, 9.17) is 18.9 Å². The number of carbonyl (C=O) groups excluding carboxylic acids is 4. The molecule has 0 atom stereocenters. The highest BCUT2D eigenvalue weighted by atomic mass is 16.5. The SMILES string of the molecule is C=C(CN1CCN(CC(=C)C(=O)OCC)CCN(CC(=C)C(=O)OCC)CCN(CC(=C)C(=O)OCC)CC1)C(=O)OCC. The standard InChI is InChI=1S/C32H52N4O8/c1-9-41-29(37)25(5)21-33-13-15-34(22-26(6)30(38)42-10-2)17-19-36(24-28(8)32(40)44-12-4)20-18-35(16-14-33)23-27(7)31(39)43-11-3/h5-24H2,1-4H3. The fourth-order valence-corrected chi connectivity index (χ4v) is 4.48. The molecule has 0 aromatic rings. The zero-order chi connectivity index (χ0) is 33.1. The highest BCUT2D eigenvalue weighted by Gasteiger charge is 2.23. The van der Waals surface area contributed by atoms with Crippen molar-refractivity contribution in [3.05, 3.63) is 48.6 Å². The zero-order valence-corrected chi connectivity index (χ0v) is 27.2. The van der Waals surface area contributed by atoms with Crippen molar-refractivity contribution in [1.29, 1.82) is 0 Å². The van der Waals surface area contributed by atoms with Crippen LogP contribution in [0.1, 0.15) is 27.7 Å². The summed E-state index contributed by atoms with van der Waals surface area (Å²) in [4.78, 5) is 57.8. The van der Waals surface area contributed by atoms with Gasteiger partial charge in [-0.2, -0.15) is 0 Å². The Morgan fingerprint density at radius 3 is 0.705 bits per heavy atom. The lowest BCUT2D eigenvalue weighted by Crippen LogP contribution is -2.48. The van der Waals surface area contributed by atoms with Crippen LogP contribution in [0.4, 0.5) is 0 Å². The molecule has 1 rings (SSSR count). The van der Waals surface area contributed by atoms with Gasteiger partial charge in [0.25, 0.3) is 0 Å². The summed E-state index contributed by atoms with van der Waals surface area (Å²) >= 11 is 0. The molecule has 1 fully saturated rings. The van der Waals surface area contributed by atoms with Crippen LogP contribution in [0, 0.1) is 0 Å². The van der Waals surface area contributed by atoms with Crippen molar-refractivity contribution >= 4 is 23.9 Å². The molecular weight excluding hydrogens is 568 g/mol. The summed E-state index contributed by atoms with van der Waals surface area (Å²) in [7, 11) is 0. The topological polar surface area (TPSA) is 118 Å². The minimum absolute atomic E-state index is 0.254. The molecule has 0 saturated carbocycles. The van der Waals surface area contributed by atoms with Gasteiger partial charge in [-0.25, -0.2) is 19.2 Å². The van der Waals surface area contributed by atoms with Gasteiger partial charge in [0, 0.05) is 101 Å². The van der Waals surface area contributed by atoms with E-state index >= 15 is 0 Å². The van der Waals surface area contributed by atoms with Gasteiger partial charge in [-0.3, -0.25) is 19.6 Å². The Kier molecular flexibility index (Phi) is 18.8. The number of hydrogen-bond donors (Lipinski definition) is 0. The van der Waals surface area contributed by atoms with E-state index in [9.17, 15) is 19.2 Å². The molecule has 1 heterocycles. The Bertz CT molecular complexity index is 852. The second-order valence-corrected chi connectivity index (χ2v) is 10.4. The van der Waals surface area contributed by atoms with Crippen LogP contribution in [0.2, 0.25) is 0 Å². The minimum atomic E-state index is -0.448. The fourth-order valence-electron chi connectivity index (χ4n) is 4.48. The van der Waals surface area contributed by atoms with E-state index in [0.29, 0.717) is 101 Å². The first-order valence-electron chi connectivity index (χ1n) is 15.2. The summed E-state index contributed by atoms with van der Waals surface area (Å²) in [6.07, 6.45) is 0. The second kappa shape index (κ2) is 21.4. The first-order chi connectivity index (χ1) is 20.9. The molecular formula is C32H52N4O8. The van der Waals surface area contributed by atoms with E-state index in [1.807, 2.05) is 0 Å². The van der Waals surface area contributed by atoms with Crippen LogP contribution in [-0.2, 0) is 38.1 Å². The third-order valence-electron chi connectivity index (χ3n) is 6.84. The average molecular weight is 621 g/mol. The Labute approximate surface area is 262 Å². The van der Waals surface area contributed by atoms with Crippen LogP contribution in [0.5, 0.6) is 0 Å². The highest BCUT2D eigenvalue weighted by molar-refractivity contribution is 5.89. The van der Waals surface area contributed by atoms with Gasteiger partial charge in [0.05, 0.1) is 26.4 Å². The molecule has 44 heavy (non-hydrogen) atoms. The van der Waals surface area contributed by atoms with Crippen LogP contribution in [-0.4, -0.2) is 148 Å². The maximum absolute atomic E-state index is 12.4. The molecule has 12 nitrogen and oxygen atoms in total. The Hall–Kier alpha value is -3.32. The minimum Gasteiger partial charge on any atom is -0.463 e. The predicted octanol–water partition coefficient (Wildman–Crippen LogP) is 1.69. The van der Waals surface area contributed by atoms with Crippen LogP contribution in [0.25, 0.3) is 0 Å². The van der Waals surface area contributed by atoms with E-state index in [0.717, 1.165) is 0 Å². The van der Waals surface area contributed by atoms with Crippen molar-refractivity contribution in [3.63, 3.8) is 0 Å². The van der Waals surface area contributed by atoms with E-state index in [2.05, 4.69) is 45.9 Å². The lowest BCUT2D eigenvalue weighted by atomic mass is 10.2. The van der Waals surface area contributed by atoms with Crippen molar-refractivity contribution in [2.45, 2.75) is 27.7 Å². The van der Waals surface area contributed by atoms with Gasteiger partial charge in [0.15, 0.2) is 0 Å². The molecule has 1 aliphatic heterocycles. The fraction of sp³-hybridized carbons (Fsp3) is 0.625. The molecule has 0 aromatic carbocycles. The molecule has 0 bridgehead atoms. The van der Waals surface area contributed by atoms with Crippen molar-refractivity contribution in [2.75, 3.05) is 105 Å². The maximum Gasteiger partial charge on any atom is 0.334 e. The molecule has 0 aliphatic carbocycles. The summed E-state index contributed by atoms with van der Waals surface area (Å²) in [5.41, 5.74) is 1.36. The van der Waals surface area contributed by atoms with Crippen molar-refractivity contribution in [3.8, 4) is 0 Å².